The van der Waals surface area contributed by atoms with Crippen LogP contribution in [0.5, 0.6) is 11.5 Å². The summed E-state index contributed by atoms with van der Waals surface area (Å²) in [6.07, 6.45) is 1.75. The van der Waals surface area contributed by atoms with Crippen LogP contribution in [0.3, 0.4) is 0 Å². The zero-order chi connectivity index (χ0) is 12.0. The third-order valence-corrected chi connectivity index (χ3v) is 2.55. The van der Waals surface area contributed by atoms with Gasteiger partial charge in [-0.15, -0.1) is 12.4 Å². The highest BCUT2D eigenvalue weighted by Crippen LogP contribution is 2.34. The van der Waals surface area contributed by atoms with Gasteiger partial charge in [-0.25, -0.2) is 0 Å². The molecular formula is C12H21ClN2O2. The second-order valence-corrected chi connectivity index (χ2v) is 3.62. The molecule has 0 radical (unpaired) electrons. The number of benzene rings is 1. The molecule has 17 heavy (non-hydrogen) atoms. The average Bonchev–Trinajstić information content (AvgIpc) is 2.34. The van der Waals surface area contributed by atoms with E-state index in [1.807, 2.05) is 18.2 Å². The third-order valence-electron chi connectivity index (χ3n) is 2.55. The molecule has 0 fully saturated rings. The Kier molecular flexibility index (Phi) is 7.70. The lowest BCUT2D eigenvalue weighted by atomic mass is 10.0. The molecule has 1 aromatic carbocycles. The number of hydrogen-bond acceptors (Lipinski definition) is 4. The first-order valence-electron chi connectivity index (χ1n) is 5.41. The van der Waals surface area contributed by atoms with Gasteiger partial charge in [0.15, 0.2) is 11.5 Å². The predicted molar refractivity (Wildman–Crippen MR) is 72.0 cm³/mol. The Hall–Kier alpha value is -0.970. The maximum Gasteiger partial charge on any atom is 0.165 e. The van der Waals surface area contributed by atoms with Crippen LogP contribution >= 0.6 is 12.4 Å². The van der Waals surface area contributed by atoms with Gasteiger partial charge in [0.1, 0.15) is 0 Å². The summed E-state index contributed by atoms with van der Waals surface area (Å²) in [7, 11) is 3.24. The zero-order valence-electron chi connectivity index (χ0n) is 10.3. The van der Waals surface area contributed by atoms with E-state index in [4.69, 9.17) is 20.9 Å². The molecule has 0 aliphatic heterocycles. The van der Waals surface area contributed by atoms with Gasteiger partial charge in [0.25, 0.3) is 0 Å². The maximum absolute atomic E-state index is 6.09. The van der Waals surface area contributed by atoms with E-state index >= 15 is 0 Å². The van der Waals surface area contributed by atoms with Crippen molar-refractivity contribution in [2.45, 2.75) is 18.9 Å². The first kappa shape index (κ1) is 16.0. The average molecular weight is 261 g/mol. The maximum atomic E-state index is 6.09. The Morgan fingerprint density at radius 3 is 2.47 bits per heavy atom. The molecule has 0 saturated heterocycles. The van der Waals surface area contributed by atoms with Crippen LogP contribution in [-0.4, -0.2) is 20.8 Å². The number of halogens is 1. The third kappa shape index (κ3) is 4.07. The van der Waals surface area contributed by atoms with Crippen LogP contribution in [0, 0.1) is 0 Å². The first-order valence-corrected chi connectivity index (χ1v) is 5.41. The molecule has 5 heteroatoms. The van der Waals surface area contributed by atoms with Gasteiger partial charge in [-0.3, -0.25) is 0 Å². The van der Waals surface area contributed by atoms with Crippen molar-refractivity contribution in [1.82, 2.24) is 0 Å². The molecule has 1 aromatic rings. The Labute approximate surface area is 109 Å². The topological polar surface area (TPSA) is 70.5 Å². The van der Waals surface area contributed by atoms with Crippen molar-refractivity contribution in [2.75, 3.05) is 20.8 Å². The minimum Gasteiger partial charge on any atom is -0.493 e. The molecule has 0 amide bonds. The quantitative estimate of drug-likeness (QED) is 0.819. The van der Waals surface area contributed by atoms with Crippen molar-refractivity contribution >= 4 is 12.4 Å². The van der Waals surface area contributed by atoms with E-state index in [-0.39, 0.29) is 18.4 Å². The molecular weight excluding hydrogens is 240 g/mol. The molecule has 4 N–H and O–H groups in total. The summed E-state index contributed by atoms with van der Waals surface area (Å²) in [6.45, 7) is 0.653. The first-order chi connectivity index (χ1) is 7.74. The van der Waals surface area contributed by atoms with E-state index in [9.17, 15) is 0 Å². The fourth-order valence-corrected chi connectivity index (χ4v) is 1.70. The molecule has 1 rings (SSSR count). The highest BCUT2D eigenvalue weighted by Gasteiger charge is 2.15. The summed E-state index contributed by atoms with van der Waals surface area (Å²) in [6, 6.07) is 5.67. The molecule has 0 aromatic heterocycles. The Bertz CT molecular complexity index is 334. The Morgan fingerprint density at radius 1 is 1.24 bits per heavy atom. The molecule has 4 nitrogen and oxygen atoms in total. The van der Waals surface area contributed by atoms with E-state index in [1.54, 1.807) is 14.2 Å². The molecule has 98 valence electrons. The van der Waals surface area contributed by atoms with Gasteiger partial charge in [0.2, 0.25) is 0 Å². The van der Waals surface area contributed by atoms with Crippen molar-refractivity contribution in [3.8, 4) is 11.5 Å². The van der Waals surface area contributed by atoms with Gasteiger partial charge in [-0.1, -0.05) is 12.1 Å². The smallest absolute Gasteiger partial charge is 0.165 e. The van der Waals surface area contributed by atoms with Crippen LogP contribution in [-0.2, 0) is 0 Å². The molecule has 0 bridgehead atoms. The van der Waals surface area contributed by atoms with Gasteiger partial charge in [0.05, 0.1) is 14.2 Å². The highest BCUT2D eigenvalue weighted by atomic mass is 35.5. The van der Waals surface area contributed by atoms with E-state index in [2.05, 4.69) is 0 Å². The highest BCUT2D eigenvalue weighted by molar-refractivity contribution is 5.85. The van der Waals surface area contributed by atoms with Crippen molar-refractivity contribution in [1.29, 1.82) is 0 Å². The summed E-state index contributed by atoms with van der Waals surface area (Å²) in [5, 5.41) is 0. The minimum atomic E-state index is -0.0615. The number of para-hydroxylation sites is 1. The van der Waals surface area contributed by atoms with Crippen LogP contribution in [0.4, 0.5) is 0 Å². The SMILES string of the molecule is COc1cccc([C@@H](N)CCCN)c1OC.Cl. The lowest BCUT2D eigenvalue weighted by Crippen LogP contribution is -2.13. The zero-order valence-corrected chi connectivity index (χ0v) is 11.1. The second-order valence-electron chi connectivity index (χ2n) is 3.62. The van der Waals surface area contributed by atoms with Crippen molar-refractivity contribution < 1.29 is 9.47 Å². The number of methoxy groups -OCH3 is 2. The van der Waals surface area contributed by atoms with E-state index < -0.39 is 0 Å². The summed E-state index contributed by atoms with van der Waals surface area (Å²) < 4.78 is 10.6. The van der Waals surface area contributed by atoms with Crippen LogP contribution in [0.2, 0.25) is 0 Å². The molecule has 0 unspecified atom stereocenters. The van der Waals surface area contributed by atoms with Crippen molar-refractivity contribution in [3.63, 3.8) is 0 Å². The van der Waals surface area contributed by atoms with Gasteiger partial charge in [0, 0.05) is 11.6 Å². The van der Waals surface area contributed by atoms with Gasteiger partial charge in [-0.2, -0.15) is 0 Å². The molecule has 1 atom stereocenters. The van der Waals surface area contributed by atoms with E-state index in [1.165, 1.54) is 0 Å². The summed E-state index contributed by atoms with van der Waals surface area (Å²) >= 11 is 0. The monoisotopic (exact) mass is 260 g/mol. The minimum absolute atomic E-state index is 0. The molecule has 0 aliphatic rings. The Morgan fingerprint density at radius 2 is 1.94 bits per heavy atom. The second kappa shape index (κ2) is 8.17. The van der Waals surface area contributed by atoms with Gasteiger partial charge in [-0.05, 0) is 25.5 Å². The molecule has 0 saturated carbocycles. The van der Waals surface area contributed by atoms with Crippen molar-refractivity contribution in [2.24, 2.45) is 11.5 Å². The van der Waals surface area contributed by atoms with Crippen LogP contribution in [0.15, 0.2) is 18.2 Å². The predicted octanol–water partition coefficient (Wildman–Crippen LogP) is 1.86. The largest absolute Gasteiger partial charge is 0.493 e. The number of rotatable bonds is 6. The van der Waals surface area contributed by atoms with Crippen LogP contribution < -0.4 is 20.9 Å². The van der Waals surface area contributed by atoms with E-state index in [0.717, 1.165) is 24.2 Å². The molecule has 0 aliphatic carbocycles. The lowest BCUT2D eigenvalue weighted by Gasteiger charge is -2.17. The van der Waals surface area contributed by atoms with Crippen molar-refractivity contribution in [3.05, 3.63) is 23.8 Å². The summed E-state index contributed by atoms with van der Waals surface area (Å²) in [4.78, 5) is 0. The standard InChI is InChI=1S/C12H20N2O2.ClH/c1-15-11-7-3-5-9(12(11)16-2)10(14)6-4-8-13;/h3,5,7,10H,4,6,8,13-14H2,1-2H3;1H/t10-;/m0./s1. The molecule has 0 heterocycles. The lowest BCUT2D eigenvalue weighted by molar-refractivity contribution is 0.348. The van der Waals surface area contributed by atoms with Crippen LogP contribution in [0.25, 0.3) is 0 Å². The van der Waals surface area contributed by atoms with Crippen LogP contribution in [0.1, 0.15) is 24.4 Å². The Balaban J connectivity index is 0.00000256. The fraction of sp³-hybridized carbons (Fsp3) is 0.500. The number of ether oxygens (including phenoxy) is 2. The molecule has 0 spiro atoms. The fourth-order valence-electron chi connectivity index (χ4n) is 1.70. The van der Waals surface area contributed by atoms with Gasteiger partial charge < -0.3 is 20.9 Å². The number of hydrogen-bond donors (Lipinski definition) is 2. The summed E-state index contributed by atoms with van der Waals surface area (Å²) in [5.41, 5.74) is 12.5. The van der Waals surface area contributed by atoms with E-state index in [0.29, 0.717) is 12.3 Å². The normalized spacial score (nSPS) is 11.5. The number of nitrogens with two attached hydrogens (primary N) is 2. The summed E-state index contributed by atoms with van der Waals surface area (Å²) in [5.74, 6) is 1.43. The van der Waals surface area contributed by atoms with Gasteiger partial charge >= 0.3 is 0 Å².